The van der Waals surface area contributed by atoms with Crippen molar-refractivity contribution in [1.82, 2.24) is 9.88 Å². The number of hydrogen-bond donors (Lipinski definition) is 1. The number of ether oxygens (including phenoxy) is 1. The van der Waals surface area contributed by atoms with Gasteiger partial charge in [0.1, 0.15) is 5.69 Å². The Labute approximate surface area is 171 Å². The maximum atomic E-state index is 12.4. The maximum Gasteiger partial charge on any atom is 0.355 e. The molecule has 6 heteroatoms. The molecule has 154 valence electrons. The van der Waals surface area contributed by atoms with E-state index in [9.17, 15) is 14.4 Å². The highest BCUT2D eigenvalue weighted by molar-refractivity contribution is 6.01. The Morgan fingerprint density at radius 2 is 1.76 bits per heavy atom. The Balaban J connectivity index is 1.48. The molecule has 0 atom stereocenters. The fraction of sp³-hybridized carbons (Fsp3) is 0.435. The van der Waals surface area contributed by atoms with E-state index in [1.807, 2.05) is 6.07 Å². The van der Waals surface area contributed by atoms with Gasteiger partial charge in [0.2, 0.25) is 0 Å². The standard InChI is InChI=1S/C23H28N2O4/c1-15-21(17(3)26)16(2)24-22(15)23(28)29-14-20(27)25-11-9-19(10-12-25)13-18-7-5-4-6-8-18/h4-8,19,24H,9-14H2,1-3H3. The molecule has 0 radical (unpaired) electrons. The van der Waals surface area contributed by atoms with Crippen LogP contribution in [0.3, 0.4) is 0 Å². The number of esters is 1. The third kappa shape index (κ3) is 4.94. The minimum atomic E-state index is -0.606. The number of aryl methyl sites for hydroxylation is 1. The van der Waals surface area contributed by atoms with Crippen molar-refractivity contribution in [1.29, 1.82) is 0 Å². The van der Waals surface area contributed by atoms with E-state index in [0.717, 1.165) is 19.3 Å². The van der Waals surface area contributed by atoms with Gasteiger partial charge in [0.15, 0.2) is 12.4 Å². The van der Waals surface area contributed by atoms with Crippen molar-refractivity contribution in [3.05, 3.63) is 58.4 Å². The second-order valence-corrected chi connectivity index (χ2v) is 7.77. The lowest BCUT2D eigenvalue weighted by Gasteiger charge is -2.32. The zero-order valence-electron chi connectivity index (χ0n) is 17.3. The van der Waals surface area contributed by atoms with Crippen molar-refractivity contribution in [2.75, 3.05) is 19.7 Å². The van der Waals surface area contributed by atoms with E-state index >= 15 is 0 Å². The number of ketones is 1. The van der Waals surface area contributed by atoms with Crippen LogP contribution in [0.5, 0.6) is 0 Å². The molecule has 1 fully saturated rings. The van der Waals surface area contributed by atoms with E-state index in [1.165, 1.54) is 12.5 Å². The van der Waals surface area contributed by atoms with Crippen molar-refractivity contribution >= 4 is 17.7 Å². The number of rotatable bonds is 6. The highest BCUT2D eigenvalue weighted by Gasteiger charge is 2.25. The Kier molecular flexibility index (Phi) is 6.52. The Hall–Kier alpha value is -2.89. The number of benzene rings is 1. The molecule has 1 aromatic carbocycles. The SMILES string of the molecule is CC(=O)c1c(C)[nH]c(C(=O)OCC(=O)N2CCC(Cc3ccccc3)CC2)c1C. The van der Waals surface area contributed by atoms with Crippen molar-refractivity contribution in [3.63, 3.8) is 0 Å². The first-order valence-corrected chi connectivity index (χ1v) is 10.1. The molecule has 2 heterocycles. The summed E-state index contributed by atoms with van der Waals surface area (Å²) in [5.41, 5.74) is 3.27. The lowest BCUT2D eigenvalue weighted by atomic mass is 9.90. The van der Waals surface area contributed by atoms with Gasteiger partial charge >= 0.3 is 5.97 Å². The molecule has 1 N–H and O–H groups in total. The van der Waals surface area contributed by atoms with Gasteiger partial charge in [-0.1, -0.05) is 30.3 Å². The van der Waals surface area contributed by atoms with Crippen LogP contribution in [-0.2, 0) is 16.0 Å². The minimum absolute atomic E-state index is 0.107. The molecule has 0 aliphatic carbocycles. The number of Topliss-reactive ketones (excluding diaryl/α,β-unsaturated/α-hetero) is 1. The van der Waals surface area contributed by atoms with Gasteiger partial charge in [0.25, 0.3) is 5.91 Å². The lowest BCUT2D eigenvalue weighted by molar-refractivity contribution is -0.135. The third-order valence-electron chi connectivity index (χ3n) is 5.65. The molecule has 6 nitrogen and oxygen atoms in total. The average Bonchev–Trinajstić information content (AvgIpc) is 3.01. The van der Waals surface area contributed by atoms with Crippen LogP contribution >= 0.6 is 0 Å². The van der Waals surface area contributed by atoms with E-state index in [2.05, 4.69) is 29.2 Å². The normalized spacial score (nSPS) is 14.7. The molecule has 1 aliphatic heterocycles. The number of H-pyrrole nitrogens is 1. The smallest absolute Gasteiger partial charge is 0.355 e. The summed E-state index contributed by atoms with van der Waals surface area (Å²) in [5, 5.41) is 0. The molecule has 1 amide bonds. The Bertz CT molecular complexity index is 893. The Morgan fingerprint density at radius 3 is 2.34 bits per heavy atom. The van der Waals surface area contributed by atoms with E-state index in [-0.39, 0.29) is 24.0 Å². The van der Waals surface area contributed by atoms with Crippen LogP contribution in [0, 0.1) is 19.8 Å². The van der Waals surface area contributed by atoms with Crippen LogP contribution in [0.2, 0.25) is 0 Å². The molecule has 1 aromatic heterocycles. The second-order valence-electron chi connectivity index (χ2n) is 7.77. The summed E-state index contributed by atoms with van der Waals surface area (Å²) >= 11 is 0. The van der Waals surface area contributed by atoms with Gasteiger partial charge in [-0.15, -0.1) is 0 Å². The van der Waals surface area contributed by atoms with Crippen LogP contribution in [0.25, 0.3) is 0 Å². The molecule has 0 saturated carbocycles. The molecule has 3 rings (SSSR count). The van der Waals surface area contributed by atoms with Crippen molar-refractivity contribution in [2.45, 2.75) is 40.0 Å². The predicted molar refractivity (Wildman–Crippen MR) is 110 cm³/mol. The summed E-state index contributed by atoms with van der Waals surface area (Å²) in [6.45, 7) is 5.99. The van der Waals surface area contributed by atoms with Gasteiger partial charge in [0.05, 0.1) is 0 Å². The lowest BCUT2D eigenvalue weighted by Crippen LogP contribution is -2.41. The number of nitrogens with zero attached hydrogens (tertiary/aromatic N) is 1. The maximum absolute atomic E-state index is 12.4. The van der Waals surface area contributed by atoms with Gasteiger partial charge in [-0.05, 0) is 57.1 Å². The second kappa shape index (κ2) is 9.07. The summed E-state index contributed by atoms with van der Waals surface area (Å²) in [5.74, 6) is -0.321. The van der Waals surface area contributed by atoms with Crippen LogP contribution < -0.4 is 0 Å². The van der Waals surface area contributed by atoms with E-state index in [0.29, 0.717) is 35.8 Å². The van der Waals surface area contributed by atoms with Gasteiger partial charge in [0, 0.05) is 24.3 Å². The highest BCUT2D eigenvalue weighted by Crippen LogP contribution is 2.22. The van der Waals surface area contributed by atoms with Gasteiger partial charge in [-0.2, -0.15) is 0 Å². The number of aromatic amines is 1. The highest BCUT2D eigenvalue weighted by atomic mass is 16.5. The molecule has 29 heavy (non-hydrogen) atoms. The van der Waals surface area contributed by atoms with Crippen molar-refractivity contribution in [3.8, 4) is 0 Å². The topological polar surface area (TPSA) is 79.5 Å². The first-order chi connectivity index (χ1) is 13.9. The largest absolute Gasteiger partial charge is 0.451 e. The van der Waals surface area contributed by atoms with Gasteiger partial charge in [-0.3, -0.25) is 9.59 Å². The number of carbonyl (C=O) groups is 3. The number of amides is 1. The van der Waals surface area contributed by atoms with Crippen molar-refractivity contribution in [2.24, 2.45) is 5.92 Å². The third-order valence-corrected chi connectivity index (χ3v) is 5.65. The summed E-state index contributed by atoms with van der Waals surface area (Å²) in [4.78, 5) is 41.2. The summed E-state index contributed by atoms with van der Waals surface area (Å²) in [6, 6.07) is 10.4. The van der Waals surface area contributed by atoms with Gasteiger partial charge < -0.3 is 14.6 Å². The molecular formula is C23H28N2O4. The molecular weight excluding hydrogens is 368 g/mol. The number of nitrogens with one attached hydrogen (secondary N) is 1. The molecule has 0 bridgehead atoms. The first-order valence-electron chi connectivity index (χ1n) is 10.1. The summed E-state index contributed by atoms with van der Waals surface area (Å²) in [6.07, 6.45) is 2.93. The fourth-order valence-electron chi connectivity index (χ4n) is 4.11. The van der Waals surface area contributed by atoms with Crippen molar-refractivity contribution < 1.29 is 19.1 Å². The number of likely N-dealkylation sites (tertiary alicyclic amines) is 1. The van der Waals surface area contributed by atoms with E-state index in [1.54, 1.807) is 18.7 Å². The number of piperidine rings is 1. The number of aromatic nitrogens is 1. The number of hydrogen-bond acceptors (Lipinski definition) is 4. The van der Waals surface area contributed by atoms with Crippen LogP contribution in [0.4, 0.5) is 0 Å². The molecule has 1 saturated heterocycles. The monoisotopic (exact) mass is 396 g/mol. The number of carbonyl (C=O) groups excluding carboxylic acids is 3. The van der Waals surface area contributed by atoms with Crippen LogP contribution in [-0.4, -0.2) is 47.2 Å². The summed E-state index contributed by atoms with van der Waals surface area (Å²) < 4.78 is 5.22. The van der Waals surface area contributed by atoms with Crippen LogP contribution in [0.1, 0.15) is 57.4 Å². The minimum Gasteiger partial charge on any atom is -0.451 e. The molecule has 2 aromatic rings. The molecule has 1 aliphatic rings. The average molecular weight is 396 g/mol. The van der Waals surface area contributed by atoms with E-state index in [4.69, 9.17) is 4.74 Å². The molecule has 0 unspecified atom stereocenters. The van der Waals surface area contributed by atoms with Crippen LogP contribution in [0.15, 0.2) is 30.3 Å². The Morgan fingerprint density at radius 1 is 1.10 bits per heavy atom. The molecule has 0 spiro atoms. The zero-order valence-corrected chi connectivity index (χ0v) is 17.3. The quantitative estimate of drug-likeness (QED) is 0.599. The summed E-state index contributed by atoms with van der Waals surface area (Å²) in [7, 11) is 0. The zero-order chi connectivity index (χ0) is 21.0. The van der Waals surface area contributed by atoms with Gasteiger partial charge in [-0.25, -0.2) is 4.79 Å². The van der Waals surface area contributed by atoms with E-state index < -0.39 is 5.97 Å². The first kappa shape index (κ1) is 20.8. The fourth-order valence-corrected chi connectivity index (χ4v) is 4.11. The predicted octanol–water partition coefficient (Wildman–Crippen LogP) is 3.47.